The van der Waals surface area contributed by atoms with Crippen LogP contribution >= 0.6 is 12.4 Å². The maximum atomic E-state index is 12.3. The van der Waals surface area contributed by atoms with Crippen molar-refractivity contribution in [3.05, 3.63) is 0 Å². The van der Waals surface area contributed by atoms with Gasteiger partial charge in [-0.3, -0.25) is 4.79 Å². The Kier molecular flexibility index (Phi) is 7.99. The van der Waals surface area contributed by atoms with Crippen molar-refractivity contribution in [3.63, 3.8) is 0 Å². The highest BCUT2D eigenvalue weighted by molar-refractivity contribution is 5.85. The van der Waals surface area contributed by atoms with Crippen LogP contribution in [0.3, 0.4) is 0 Å². The van der Waals surface area contributed by atoms with Crippen molar-refractivity contribution < 1.29 is 4.79 Å². The number of amides is 1. The van der Waals surface area contributed by atoms with Crippen LogP contribution in [-0.4, -0.2) is 29.9 Å². The van der Waals surface area contributed by atoms with Gasteiger partial charge in [-0.25, -0.2) is 0 Å². The first-order valence-corrected chi connectivity index (χ1v) is 7.42. The van der Waals surface area contributed by atoms with Crippen molar-refractivity contribution in [2.75, 3.05) is 13.1 Å². The Balaban J connectivity index is 0.00000324. The van der Waals surface area contributed by atoms with Gasteiger partial charge in [0.25, 0.3) is 0 Å². The molecule has 1 fully saturated rings. The second-order valence-corrected chi connectivity index (χ2v) is 6.66. The predicted octanol–water partition coefficient (Wildman–Crippen LogP) is 3.21. The molecule has 0 saturated carbocycles. The number of rotatable bonds is 5. The average molecular weight is 291 g/mol. The summed E-state index contributed by atoms with van der Waals surface area (Å²) in [5, 5.41) is 0. The fourth-order valence-electron chi connectivity index (χ4n) is 3.15. The van der Waals surface area contributed by atoms with E-state index in [2.05, 4.69) is 27.7 Å². The van der Waals surface area contributed by atoms with E-state index in [1.54, 1.807) is 0 Å². The molecule has 1 amide bonds. The number of nitrogens with two attached hydrogens (primary N) is 1. The summed E-state index contributed by atoms with van der Waals surface area (Å²) in [5.74, 6) is 0.640. The lowest BCUT2D eigenvalue weighted by Gasteiger charge is -2.41. The van der Waals surface area contributed by atoms with Crippen molar-refractivity contribution in [3.8, 4) is 0 Å². The summed E-state index contributed by atoms with van der Waals surface area (Å²) in [7, 11) is 0. The van der Waals surface area contributed by atoms with E-state index >= 15 is 0 Å². The molecule has 2 atom stereocenters. The van der Waals surface area contributed by atoms with Crippen LogP contribution in [-0.2, 0) is 4.79 Å². The molecule has 1 heterocycles. The van der Waals surface area contributed by atoms with Crippen LogP contribution in [0.2, 0.25) is 0 Å². The van der Waals surface area contributed by atoms with Gasteiger partial charge in [0, 0.05) is 13.1 Å². The summed E-state index contributed by atoms with van der Waals surface area (Å²) in [6, 6.07) is -0.311. The highest BCUT2D eigenvalue weighted by Gasteiger charge is 2.33. The van der Waals surface area contributed by atoms with Gasteiger partial charge < -0.3 is 10.6 Å². The fourth-order valence-corrected chi connectivity index (χ4v) is 3.15. The molecule has 0 bridgehead atoms. The average Bonchev–Trinajstić information content (AvgIpc) is 2.27. The zero-order valence-electron chi connectivity index (χ0n) is 12.9. The van der Waals surface area contributed by atoms with Gasteiger partial charge in [-0.15, -0.1) is 12.4 Å². The quantitative estimate of drug-likeness (QED) is 0.845. The highest BCUT2D eigenvalue weighted by atomic mass is 35.5. The van der Waals surface area contributed by atoms with E-state index in [0.717, 1.165) is 25.9 Å². The lowest BCUT2D eigenvalue weighted by molar-refractivity contribution is -0.136. The number of halogens is 1. The normalized spacial score (nSPS) is 25.1. The van der Waals surface area contributed by atoms with Gasteiger partial charge in [0.15, 0.2) is 0 Å². The van der Waals surface area contributed by atoms with Crippen molar-refractivity contribution in [1.29, 1.82) is 0 Å². The van der Waals surface area contributed by atoms with Crippen LogP contribution in [0.4, 0.5) is 0 Å². The molecule has 114 valence electrons. The molecule has 0 aromatic carbocycles. The third-order valence-electron chi connectivity index (χ3n) is 3.99. The van der Waals surface area contributed by atoms with E-state index < -0.39 is 0 Å². The Morgan fingerprint density at radius 1 is 1.42 bits per heavy atom. The highest BCUT2D eigenvalue weighted by Crippen LogP contribution is 2.34. The summed E-state index contributed by atoms with van der Waals surface area (Å²) in [5.41, 5.74) is 6.33. The summed E-state index contributed by atoms with van der Waals surface area (Å²) >= 11 is 0. The van der Waals surface area contributed by atoms with E-state index in [-0.39, 0.29) is 24.4 Å². The second-order valence-electron chi connectivity index (χ2n) is 6.66. The number of carbonyl (C=O) groups is 1. The number of carbonyl (C=O) groups excluding carboxylic acids is 1. The SMILES string of the molecule is CCCC1(C)CCCN(C(=O)[C@@H](N)CC(C)C)C1.Cl. The van der Waals surface area contributed by atoms with Crippen molar-refractivity contribution >= 4 is 18.3 Å². The van der Waals surface area contributed by atoms with Crippen LogP contribution in [0.15, 0.2) is 0 Å². The first-order valence-electron chi connectivity index (χ1n) is 7.42. The second kappa shape index (κ2) is 8.11. The molecule has 3 nitrogen and oxygen atoms in total. The molecule has 0 aliphatic carbocycles. The molecule has 0 aromatic rings. The summed E-state index contributed by atoms with van der Waals surface area (Å²) in [4.78, 5) is 14.3. The van der Waals surface area contributed by atoms with Gasteiger partial charge in [-0.05, 0) is 37.0 Å². The van der Waals surface area contributed by atoms with E-state index in [9.17, 15) is 4.79 Å². The molecular formula is C15H31ClN2O. The van der Waals surface area contributed by atoms with Gasteiger partial charge >= 0.3 is 0 Å². The van der Waals surface area contributed by atoms with E-state index in [0.29, 0.717) is 11.3 Å². The topological polar surface area (TPSA) is 46.3 Å². The van der Waals surface area contributed by atoms with Gasteiger partial charge in [0.2, 0.25) is 5.91 Å². The maximum absolute atomic E-state index is 12.3. The zero-order valence-corrected chi connectivity index (χ0v) is 13.8. The van der Waals surface area contributed by atoms with Crippen LogP contribution in [0.5, 0.6) is 0 Å². The van der Waals surface area contributed by atoms with E-state index in [4.69, 9.17) is 5.73 Å². The predicted molar refractivity (Wildman–Crippen MR) is 83.5 cm³/mol. The van der Waals surface area contributed by atoms with E-state index in [1.807, 2.05) is 4.90 Å². The van der Waals surface area contributed by atoms with Gasteiger partial charge in [0.1, 0.15) is 0 Å². The molecular weight excluding hydrogens is 260 g/mol. The standard InChI is InChI=1S/C15H30N2O.ClH/c1-5-7-15(4)8-6-9-17(11-15)14(18)13(16)10-12(2)3;/h12-13H,5-11,16H2,1-4H3;1H/t13-,15?;/m0./s1. The number of piperidine rings is 1. The van der Waals surface area contributed by atoms with Crippen molar-refractivity contribution in [2.45, 2.75) is 65.8 Å². The summed E-state index contributed by atoms with van der Waals surface area (Å²) in [6.45, 7) is 10.5. The Morgan fingerprint density at radius 2 is 2.05 bits per heavy atom. The van der Waals surface area contributed by atoms with Crippen molar-refractivity contribution in [2.24, 2.45) is 17.1 Å². The number of hydrogen-bond acceptors (Lipinski definition) is 2. The lowest BCUT2D eigenvalue weighted by atomic mass is 9.78. The minimum Gasteiger partial charge on any atom is -0.341 e. The summed E-state index contributed by atoms with van der Waals surface area (Å²) < 4.78 is 0. The molecule has 19 heavy (non-hydrogen) atoms. The number of hydrogen-bond donors (Lipinski definition) is 1. The monoisotopic (exact) mass is 290 g/mol. The third kappa shape index (κ3) is 5.70. The van der Waals surface area contributed by atoms with Crippen LogP contribution in [0.25, 0.3) is 0 Å². The lowest BCUT2D eigenvalue weighted by Crippen LogP contribution is -2.51. The molecule has 1 rings (SSSR count). The number of nitrogens with zero attached hydrogens (tertiary/aromatic N) is 1. The van der Waals surface area contributed by atoms with Gasteiger partial charge in [-0.2, -0.15) is 0 Å². The minimum atomic E-state index is -0.311. The number of likely N-dealkylation sites (tertiary alicyclic amines) is 1. The Labute approximate surface area is 124 Å². The van der Waals surface area contributed by atoms with Crippen LogP contribution in [0.1, 0.15) is 59.8 Å². The molecule has 1 aliphatic rings. The summed E-state index contributed by atoms with van der Waals surface area (Å²) in [6.07, 6.45) is 5.55. The van der Waals surface area contributed by atoms with E-state index in [1.165, 1.54) is 19.3 Å². The van der Waals surface area contributed by atoms with Crippen LogP contribution in [0, 0.1) is 11.3 Å². The zero-order chi connectivity index (χ0) is 13.8. The molecule has 0 aromatic heterocycles. The smallest absolute Gasteiger partial charge is 0.239 e. The Bertz CT molecular complexity index is 279. The maximum Gasteiger partial charge on any atom is 0.239 e. The minimum absolute atomic E-state index is 0. The molecule has 2 N–H and O–H groups in total. The molecule has 1 saturated heterocycles. The first-order chi connectivity index (χ1) is 8.38. The van der Waals surface area contributed by atoms with Gasteiger partial charge in [-0.1, -0.05) is 34.1 Å². The molecule has 4 heteroatoms. The molecule has 1 aliphatic heterocycles. The third-order valence-corrected chi connectivity index (χ3v) is 3.99. The van der Waals surface area contributed by atoms with Crippen LogP contribution < -0.4 is 5.73 Å². The first kappa shape index (κ1) is 18.7. The molecule has 0 radical (unpaired) electrons. The molecule has 0 spiro atoms. The Morgan fingerprint density at radius 3 is 2.58 bits per heavy atom. The fraction of sp³-hybridized carbons (Fsp3) is 0.933. The van der Waals surface area contributed by atoms with Gasteiger partial charge in [0.05, 0.1) is 6.04 Å². The van der Waals surface area contributed by atoms with Crippen molar-refractivity contribution in [1.82, 2.24) is 4.90 Å². The Hall–Kier alpha value is -0.280. The largest absolute Gasteiger partial charge is 0.341 e. The molecule has 1 unspecified atom stereocenters.